The molecule has 0 aromatic carbocycles. The van der Waals surface area contributed by atoms with Crippen LogP contribution in [0.4, 0.5) is 0 Å². The van der Waals surface area contributed by atoms with Gasteiger partial charge in [-0.05, 0) is 0 Å². The lowest BCUT2D eigenvalue weighted by molar-refractivity contribution is -0.892. The molecule has 1 fully saturated rings. The van der Waals surface area contributed by atoms with Gasteiger partial charge in [0.05, 0.1) is 25.8 Å². The number of likely N-dealkylation sites (N-methyl/N-ethyl adjacent to an activating group) is 1. The molecule has 0 aromatic rings. The van der Waals surface area contributed by atoms with E-state index in [1.807, 2.05) is 6.08 Å². The molecule has 0 aliphatic carbocycles. The normalized spacial score (nSPS) is 40.6. The lowest BCUT2D eigenvalue weighted by atomic mass is 10.0. The zero-order valence-electron chi connectivity index (χ0n) is 8.53. The third-order valence-electron chi connectivity index (χ3n) is 3.51. The van der Waals surface area contributed by atoms with E-state index >= 15 is 0 Å². The number of carbonyl (C=O) groups excluding carboxylic acids is 1. The largest absolute Gasteiger partial charge is 0.632 e. The van der Waals surface area contributed by atoms with E-state index in [1.54, 1.807) is 7.05 Å². The summed E-state index contributed by atoms with van der Waals surface area (Å²) in [5, 5.41) is 12.2. The summed E-state index contributed by atoms with van der Waals surface area (Å²) in [6.45, 7) is 0. The highest BCUT2D eigenvalue weighted by atomic mass is 16.6. The maximum absolute atomic E-state index is 12.2. The molecule has 2 aliphatic rings. The molecule has 0 aromatic heterocycles. The molecule has 0 spiro atoms. The van der Waals surface area contributed by atoms with Gasteiger partial charge in [-0.25, -0.2) is 4.79 Å². The molecule has 0 amide bonds. The molecule has 14 heavy (non-hydrogen) atoms. The summed E-state index contributed by atoms with van der Waals surface area (Å²) in [5.74, 6) is -0.337. The third kappa shape index (κ3) is 1.18. The molecule has 0 radical (unpaired) electrons. The minimum absolute atomic E-state index is 0.147. The first-order chi connectivity index (χ1) is 6.57. The zero-order chi connectivity index (χ0) is 10.3. The first-order valence-corrected chi connectivity index (χ1v) is 4.92. The van der Waals surface area contributed by atoms with Gasteiger partial charge in [0.1, 0.15) is 6.04 Å². The average molecular weight is 197 g/mol. The number of quaternary nitrogens is 1. The summed E-state index contributed by atoms with van der Waals surface area (Å²) in [7, 11) is 3.03. The van der Waals surface area contributed by atoms with E-state index in [-0.39, 0.29) is 22.7 Å². The quantitative estimate of drug-likeness (QED) is 0.357. The topological polar surface area (TPSA) is 49.4 Å². The van der Waals surface area contributed by atoms with Crippen molar-refractivity contribution in [3.05, 3.63) is 16.9 Å². The van der Waals surface area contributed by atoms with Gasteiger partial charge in [-0.2, -0.15) is 0 Å². The molecule has 0 unspecified atom stereocenters. The van der Waals surface area contributed by atoms with Gasteiger partial charge in [-0.15, -0.1) is 0 Å². The molecule has 2 bridgehead atoms. The predicted octanol–water partition coefficient (Wildman–Crippen LogP) is 0.965. The van der Waals surface area contributed by atoms with Crippen LogP contribution in [0.2, 0.25) is 0 Å². The van der Waals surface area contributed by atoms with Crippen LogP contribution in [0.15, 0.2) is 11.6 Å². The van der Waals surface area contributed by atoms with Gasteiger partial charge in [0.15, 0.2) is 0 Å². The molecule has 2 aliphatic heterocycles. The number of hydrogen-bond acceptors (Lipinski definition) is 3. The van der Waals surface area contributed by atoms with E-state index in [4.69, 9.17) is 0 Å². The molecule has 0 N–H and O–H groups in total. The van der Waals surface area contributed by atoms with Gasteiger partial charge in [0.25, 0.3) is 0 Å². The minimum atomic E-state index is -0.337. The Kier molecular flexibility index (Phi) is 2.12. The van der Waals surface area contributed by atoms with Crippen molar-refractivity contribution >= 4 is 5.97 Å². The van der Waals surface area contributed by atoms with Gasteiger partial charge in [0.2, 0.25) is 0 Å². The molecular formula is C10H15NO3. The molecule has 78 valence electrons. The highest BCUT2D eigenvalue weighted by Gasteiger charge is 2.46. The number of fused-ring (bicyclic) bond motifs is 2. The second-order valence-electron chi connectivity index (χ2n) is 4.19. The van der Waals surface area contributed by atoms with Crippen LogP contribution >= 0.6 is 0 Å². The Bertz CT molecular complexity index is 296. The predicted molar refractivity (Wildman–Crippen MR) is 51.1 cm³/mol. The molecule has 2 rings (SSSR count). The highest BCUT2D eigenvalue weighted by molar-refractivity contribution is 5.89. The summed E-state index contributed by atoms with van der Waals surface area (Å²) in [6, 6.07) is -0.0467. The average Bonchev–Trinajstić information content (AvgIpc) is 2.40. The Hall–Kier alpha value is -0.870. The molecule has 4 heteroatoms. The van der Waals surface area contributed by atoms with Crippen LogP contribution in [0.25, 0.3) is 0 Å². The van der Waals surface area contributed by atoms with Crippen LogP contribution in [0, 0.1) is 5.21 Å². The molecule has 0 saturated carbocycles. The standard InChI is InChI=1S/C10H15NO3/c1-11(13)7-3-5-8(10(12)14-2)9(11)6-4-7/h5,7,9H,3-4,6H2,1-2H3/t7-,9-,11-/m1/s1. The van der Waals surface area contributed by atoms with Gasteiger partial charge < -0.3 is 14.6 Å². The Morgan fingerprint density at radius 1 is 1.64 bits per heavy atom. The van der Waals surface area contributed by atoms with Gasteiger partial charge in [-0.1, -0.05) is 6.08 Å². The van der Waals surface area contributed by atoms with Crippen molar-refractivity contribution in [2.45, 2.75) is 31.3 Å². The number of hydroxylamine groups is 3. The van der Waals surface area contributed by atoms with E-state index in [0.29, 0.717) is 12.0 Å². The maximum Gasteiger partial charge on any atom is 0.339 e. The van der Waals surface area contributed by atoms with Crippen LogP contribution in [-0.2, 0) is 9.53 Å². The Morgan fingerprint density at radius 3 is 3.00 bits per heavy atom. The monoisotopic (exact) mass is 197 g/mol. The number of hydrogen-bond donors (Lipinski definition) is 0. The Balaban J connectivity index is 2.30. The van der Waals surface area contributed by atoms with Crippen molar-refractivity contribution < 1.29 is 14.2 Å². The Morgan fingerprint density at radius 2 is 2.36 bits per heavy atom. The van der Waals surface area contributed by atoms with Gasteiger partial charge >= 0.3 is 5.97 Å². The van der Waals surface area contributed by atoms with Gasteiger partial charge in [-0.3, -0.25) is 0 Å². The smallest absolute Gasteiger partial charge is 0.339 e. The first kappa shape index (κ1) is 9.68. The van der Waals surface area contributed by atoms with Crippen molar-refractivity contribution in [1.29, 1.82) is 0 Å². The first-order valence-electron chi connectivity index (χ1n) is 4.92. The van der Waals surface area contributed by atoms with Crippen molar-refractivity contribution in [2.24, 2.45) is 0 Å². The lowest BCUT2D eigenvalue weighted by Gasteiger charge is -2.47. The van der Waals surface area contributed by atoms with Crippen LogP contribution in [0.3, 0.4) is 0 Å². The number of methoxy groups -OCH3 is 1. The molecule has 3 atom stereocenters. The summed E-state index contributed by atoms with van der Waals surface area (Å²) in [4.78, 5) is 11.4. The molecule has 1 saturated heterocycles. The lowest BCUT2D eigenvalue weighted by Crippen LogP contribution is -2.52. The minimum Gasteiger partial charge on any atom is -0.632 e. The van der Waals surface area contributed by atoms with Crippen molar-refractivity contribution in [3.63, 3.8) is 0 Å². The Labute approximate surface area is 83.3 Å². The molecular weight excluding hydrogens is 182 g/mol. The summed E-state index contributed by atoms with van der Waals surface area (Å²) < 4.78 is 4.39. The van der Waals surface area contributed by atoms with Crippen LogP contribution in [0.5, 0.6) is 0 Å². The zero-order valence-corrected chi connectivity index (χ0v) is 8.53. The number of ether oxygens (including phenoxy) is 1. The van der Waals surface area contributed by atoms with Crippen LogP contribution in [-0.4, -0.2) is 36.9 Å². The fourth-order valence-corrected chi connectivity index (χ4v) is 2.61. The van der Waals surface area contributed by atoms with E-state index in [1.165, 1.54) is 7.11 Å². The maximum atomic E-state index is 12.2. The fourth-order valence-electron chi connectivity index (χ4n) is 2.61. The third-order valence-corrected chi connectivity index (χ3v) is 3.51. The SMILES string of the molecule is COC(=O)C1=CC[C@@H]2CC[C@H]1[N@+]2(C)[O-]. The molecule has 4 nitrogen and oxygen atoms in total. The summed E-state index contributed by atoms with van der Waals surface area (Å²) in [6.07, 6.45) is 4.32. The number of nitrogens with zero attached hydrogens (tertiary/aromatic N) is 1. The van der Waals surface area contributed by atoms with Crippen molar-refractivity contribution in [2.75, 3.05) is 14.2 Å². The van der Waals surface area contributed by atoms with Crippen LogP contribution in [0.1, 0.15) is 19.3 Å². The summed E-state index contributed by atoms with van der Waals surface area (Å²) >= 11 is 0. The van der Waals surface area contributed by atoms with E-state index in [2.05, 4.69) is 4.74 Å². The number of esters is 1. The summed E-state index contributed by atoms with van der Waals surface area (Å²) in [5.41, 5.74) is 0.582. The van der Waals surface area contributed by atoms with E-state index in [9.17, 15) is 10.0 Å². The second-order valence-corrected chi connectivity index (χ2v) is 4.19. The highest BCUT2D eigenvalue weighted by Crippen LogP contribution is 2.40. The van der Waals surface area contributed by atoms with E-state index < -0.39 is 0 Å². The van der Waals surface area contributed by atoms with Crippen LogP contribution < -0.4 is 0 Å². The van der Waals surface area contributed by atoms with Crippen molar-refractivity contribution in [1.82, 2.24) is 0 Å². The van der Waals surface area contributed by atoms with Gasteiger partial charge in [0, 0.05) is 19.3 Å². The second kappa shape index (κ2) is 3.07. The fraction of sp³-hybridized carbons (Fsp3) is 0.700. The molecule has 2 heterocycles. The van der Waals surface area contributed by atoms with E-state index in [0.717, 1.165) is 12.8 Å². The number of rotatable bonds is 1. The number of carbonyl (C=O) groups is 1. The van der Waals surface area contributed by atoms with Crippen molar-refractivity contribution in [3.8, 4) is 0 Å².